The average molecular weight is 301 g/mol. The summed E-state index contributed by atoms with van der Waals surface area (Å²) in [5.74, 6) is 0.0692. The molecule has 0 bridgehead atoms. The van der Waals surface area contributed by atoms with Crippen LogP contribution in [0.25, 0.3) is 0 Å². The van der Waals surface area contributed by atoms with Crippen molar-refractivity contribution in [1.82, 2.24) is 4.90 Å². The Kier molecular flexibility index (Phi) is 6.43. The van der Waals surface area contributed by atoms with Gasteiger partial charge in [0.25, 0.3) is 5.91 Å². The molecule has 1 aromatic carbocycles. The number of nitrogens with two attached hydrogens (primary N) is 1. The zero-order chi connectivity index (χ0) is 13.8. The number of nitrogens with zero attached hydrogens (tertiary/aromatic N) is 1. The topological polar surface area (TPSA) is 46.3 Å². The lowest BCUT2D eigenvalue weighted by atomic mass is 9.94. The fourth-order valence-electron chi connectivity index (χ4n) is 2.72. The van der Waals surface area contributed by atoms with Crippen molar-refractivity contribution in [3.8, 4) is 0 Å². The van der Waals surface area contributed by atoms with Gasteiger partial charge in [0.2, 0.25) is 0 Å². The van der Waals surface area contributed by atoms with E-state index in [4.69, 9.17) is 5.73 Å². The number of benzene rings is 1. The second kappa shape index (κ2) is 7.60. The predicted molar refractivity (Wildman–Crippen MR) is 80.7 cm³/mol. The quantitative estimate of drug-likeness (QED) is 0.933. The number of piperidine rings is 1. The average Bonchev–Trinajstić information content (AvgIpc) is 2.41. The standard InChI is InChI=1S/C15H21FN2O.ClH/c1-11-4-5-13(16)9-14(11)15(19)18-8-2-3-12(10-18)6-7-17;/h4-5,9,12H,2-3,6-8,10,17H2,1H3;1H. The van der Waals surface area contributed by atoms with Crippen LogP contribution in [-0.2, 0) is 0 Å². The molecule has 0 radical (unpaired) electrons. The lowest BCUT2D eigenvalue weighted by molar-refractivity contribution is 0.0668. The Labute approximate surface area is 125 Å². The van der Waals surface area contributed by atoms with E-state index < -0.39 is 0 Å². The molecule has 2 N–H and O–H groups in total. The van der Waals surface area contributed by atoms with Gasteiger partial charge in [0, 0.05) is 18.7 Å². The summed E-state index contributed by atoms with van der Waals surface area (Å²) >= 11 is 0. The van der Waals surface area contributed by atoms with Gasteiger partial charge >= 0.3 is 0 Å². The maximum atomic E-state index is 13.3. The second-order valence-corrected chi connectivity index (χ2v) is 5.30. The molecule has 0 spiro atoms. The number of likely N-dealkylation sites (tertiary alicyclic amines) is 1. The molecule has 1 aliphatic heterocycles. The number of rotatable bonds is 3. The summed E-state index contributed by atoms with van der Waals surface area (Å²) in [6.07, 6.45) is 3.08. The highest BCUT2D eigenvalue weighted by Crippen LogP contribution is 2.22. The first-order valence-electron chi connectivity index (χ1n) is 6.87. The molecule has 0 aromatic heterocycles. The molecule has 1 aromatic rings. The maximum absolute atomic E-state index is 13.3. The Morgan fingerprint density at radius 2 is 2.25 bits per heavy atom. The molecule has 112 valence electrons. The van der Waals surface area contributed by atoms with Gasteiger partial charge in [0.15, 0.2) is 0 Å². The van der Waals surface area contributed by atoms with E-state index in [9.17, 15) is 9.18 Å². The molecule has 2 rings (SSSR count). The molecule has 1 unspecified atom stereocenters. The first kappa shape index (κ1) is 16.9. The van der Waals surface area contributed by atoms with Crippen molar-refractivity contribution in [2.24, 2.45) is 11.7 Å². The molecule has 5 heteroatoms. The third kappa shape index (κ3) is 3.93. The molecule has 0 saturated carbocycles. The lowest BCUT2D eigenvalue weighted by Crippen LogP contribution is -2.40. The van der Waals surface area contributed by atoms with Gasteiger partial charge in [-0.05, 0) is 56.3 Å². The van der Waals surface area contributed by atoms with Gasteiger partial charge in [-0.3, -0.25) is 4.79 Å². The first-order chi connectivity index (χ1) is 9.11. The number of carbonyl (C=O) groups is 1. The zero-order valence-corrected chi connectivity index (χ0v) is 12.6. The van der Waals surface area contributed by atoms with Crippen molar-refractivity contribution in [2.45, 2.75) is 26.2 Å². The van der Waals surface area contributed by atoms with Crippen molar-refractivity contribution in [1.29, 1.82) is 0 Å². The van der Waals surface area contributed by atoms with E-state index in [0.717, 1.165) is 37.9 Å². The minimum absolute atomic E-state index is 0. The number of hydrogen-bond acceptors (Lipinski definition) is 2. The summed E-state index contributed by atoms with van der Waals surface area (Å²) in [6.45, 7) is 4.00. The fourth-order valence-corrected chi connectivity index (χ4v) is 2.72. The Balaban J connectivity index is 0.00000200. The molecule has 20 heavy (non-hydrogen) atoms. The molecule has 1 atom stereocenters. The first-order valence-corrected chi connectivity index (χ1v) is 6.87. The SMILES string of the molecule is Cc1ccc(F)cc1C(=O)N1CCCC(CCN)C1.Cl. The van der Waals surface area contributed by atoms with Crippen LogP contribution in [0, 0.1) is 18.7 Å². The van der Waals surface area contributed by atoms with Crippen LogP contribution in [0.1, 0.15) is 35.2 Å². The summed E-state index contributed by atoms with van der Waals surface area (Å²) in [6, 6.07) is 4.38. The number of carbonyl (C=O) groups excluding carboxylic acids is 1. The van der Waals surface area contributed by atoms with Gasteiger partial charge in [-0.1, -0.05) is 6.07 Å². The van der Waals surface area contributed by atoms with Gasteiger partial charge in [-0.25, -0.2) is 4.39 Å². The van der Waals surface area contributed by atoms with Crippen LogP contribution in [0.4, 0.5) is 4.39 Å². The van der Waals surface area contributed by atoms with Gasteiger partial charge in [0.1, 0.15) is 5.82 Å². The van der Waals surface area contributed by atoms with Crippen LogP contribution in [0.2, 0.25) is 0 Å². The highest BCUT2D eigenvalue weighted by Gasteiger charge is 2.25. The molecule has 1 heterocycles. The third-order valence-electron chi connectivity index (χ3n) is 3.81. The Morgan fingerprint density at radius 1 is 1.50 bits per heavy atom. The Morgan fingerprint density at radius 3 is 2.95 bits per heavy atom. The van der Waals surface area contributed by atoms with Crippen LogP contribution in [0.5, 0.6) is 0 Å². The molecule has 0 aliphatic carbocycles. The predicted octanol–water partition coefficient (Wildman–Crippen LogP) is 2.76. The maximum Gasteiger partial charge on any atom is 0.254 e. The van der Waals surface area contributed by atoms with Gasteiger partial charge < -0.3 is 10.6 Å². The minimum Gasteiger partial charge on any atom is -0.338 e. The molecule has 1 saturated heterocycles. The number of aryl methyl sites for hydroxylation is 1. The summed E-state index contributed by atoms with van der Waals surface area (Å²) in [7, 11) is 0. The normalized spacial score (nSPS) is 18.6. The Bertz CT molecular complexity index is 465. The van der Waals surface area contributed by atoms with Gasteiger partial charge in [0.05, 0.1) is 0 Å². The number of hydrogen-bond donors (Lipinski definition) is 1. The van der Waals surface area contributed by atoms with Crippen molar-refractivity contribution in [3.05, 3.63) is 35.1 Å². The van der Waals surface area contributed by atoms with E-state index in [1.54, 1.807) is 6.07 Å². The van der Waals surface area contributed by atoms with Crippen molar-refractivity contribution < 1.29 is 9.18 Å². The molecular weight excluding hydrogens is 279 g/mol. The van der Waals surface area contributed by atoms with Crippen molar-refractivity contribution in [3.63, 3.8) is 0 Å². The van der Waals surface area contributed by atoms with Gasteiger partial charge in [-0.2, -0.15) is 0 Å². The minimum atomic E-state index is -0.357. The number of halogens is 2. The van der Waals surface area contributed by atoms with Crippen LogP contribution in [-0.4, -0.2) is 30.4 Å². The summed E-state index contributed by atoms with van der Waals surface area (Å²) in [4.78, 5) is 14.3. The van der Waals surface area contributed by atoms with E-state index in [1.807, 2.05) is 11.8 Å². The van der Waals surface area contributed by atoms with E-state index in [1.165, 1.54) is 12.1 Å². The van der Waals surface area contributed by atoms with E-state index in [0.29, 0.717) is 18.0 Å². The summed E-state index contributed by atoms with van der Waals surface area (Å²) in [5, 5.41) is 0. The monoisotopic (exact) mass is 300 g/mol. The highest BCUT2D eigenvalue weighted by molar-refractivity contribution is 5.95. The van der Waals surface area contributed by atoms with Gasteiger partial charge in [-0.15, -0.1) is 12.4 Å². The molecule has 3 nitrogen and oxygen atoms in total. The molecule has 1 amide bonds. The lowest BCUT2D eigenvalue weighted by Gasteiger charge is -2.33. The van der Waals surface area contributed by atoms with Crippen molar-refractivity contribution >= 4 is 18.3 Å². The second-order valence-electron chi connectivity index (χ2n) is 5.30. The van der Waals surface area contributed by atoms with Crippen molar-refractivity contribution in [2.75, 3.05) is 19.6 Å². The highest BCUT2D eigenvalue weighted by atomic mass is 35.5. The molecule has 1 aliphatic rings. The van der Waals surface area contributed by atoms with E-state index >= 15 is 0 Å². The largest absolute Gasteiger partial charge is 0.338 e. The zero-order valence-electron chi connectivity index (χ0n) is 11.8. The van der Waals surface area contributed by atoms with Crippen LogP contribution < -0.4 is 5.73 Å². The van der Waals surface area contributed by atoms with E-state index in [-0.39, 0.29) is 24.1 Å². The molecule has 1 fully saturated rings. The van der Waals surface area contributed by atoms with Crippen LogP contribution in [0.15, 0.2) is 18.2 Å². The van der Waals surface area contributed by atoms with E-state index in [2.05, 4.69) is 0 Å². The molecular formula is C15H22ClFN2O. The number of amides is 1. The summed E-state index contributed by atoms with van der Waals surface area (Å²) < 4.78 is 13.3. The van der Waals surface area contributed by atoms with Crippen LogP contribution in [0.3, 0.4) is 0 Å². The smallest absolute Gasteiger partial charge is 0.254 e. The Hall–Kier alpha value is -1.13. The summed E-state index contributed by atoms with van der Waals surface area (Å²) in [5.41, 5.74) is 6.89. The fraction of sp³-hybridized carbons (Fsp3) is 0.533. The third-order valence-corrected chi connectivity index (χ3v) is 3.81. The van der Waals surface area contributed by atoms with Crippen LogP contribution >= 0.6 is 12.4 Å².